The van der Waals surface area contributed by atoms with E-state index in [0.29, 0.717) is 69.5 Å². The Bertz CT molecular complexity index is 3270. The Morgan fingerprint density at radius 2 is 0.944 bits per heavy atom. The highest BCUT2D eigenvalue weighted by atomic mass is 32.2. The number of anilines is 2. The third kappa shape index (κ3) is 10.6. The Labute approximate surface area is 406 Å². The Hall–Kier alpha value is -7.86. The van der Waals surface area contributed by atoms with Gasteiger partial charge in [-0.3, -0.25) is 9.44 Å². The maximum atomic E-state index is 13.5. The molecule has 2 N–H and O–H groups in total. The van der Waals surface area contributed by atoms with Crippen LogP contribution in [0.25, 0.3) is 22.5 Å². The molecule has 4 aromatic carbocycles. The molecule has 2 atom stereocenters. The third-order valence-electron chi connectivity index (χ3n) is 11.6. The fraction of sp³-hybridized carbons (Fsp3) is 0.208. The number of nitrogens with one attached hydrogen (secondary N) is 2. The van der Waals surface area contributed by atoms with Crippen molar-refractivity contribution in [3.8, 4) is 34.0 Å². The summed E-state index contributed by atoms with van der Waals surface area (Å²) in [6.45, 7) is 3.71. The number of hydrogen-bond acceptors (Lipinski definition) is 14. The highest BCUT2D eigenvalue weighted by molar-refractivity contribution is 7.93. The van der Waals surface area contributed by atoms with E-state index in [-0.39, 0.29) is 57.9 Å². The molecule has 72 heavy (non-hydrogen) atoms. The van der Waals surface area contributed by atoms with Crippen LogP contribution < -0.4 is 18.9 Å². The topological polar surface area (TPSA) is 214 Å². The second-order valence-electron chi connectivity index (χ2n) is 16.3. The van der Waals surface area contributed by atoms with Crippen molar-refractivity contribution < 1.29 is 61.5 Å². The standard InChI is InChI=1S/2C24H19F3N4O4S/c2*1-14-29-21(13-35-14)20-11-15(24(25,26)27)4-6-17(20)18-8-10-34-22-12-16(5-7-19(18)22)36(32,33)31-23-3-2-9-28-30-23/h2*2-7,9,11-13,18H,8,10H2,1H3,(H,30,31)/t2*18-/m10/s1. The highest BCUT2D eigenvalue weighted by Crippen LogP contribution is 2.46. The number of halogens is 6. The molecule has 24 heteroatoms. The van der Waals surface area contributed by atoms with Gasteiger partial charge in [-0.15, -0.1) is 10.2 Å². The summed E-state index contributed by atoms with van der Waals surface area (Å²) in [6, 6.07) is 21.9. The quantitative estimate of drug-likeness (QED) is 0.122. The smallest absolute Gasteiger partial charge is 0.416 e. The van der Waals surface area contributed by atoms with E-state index in [2.05, 4.69) is 39.8 Å². The van der Waals surface area contributed by atoms with Crippen molar-refractivity contribution in [2.75, 3.05) is 22.7 Å². The molecule has 4 aromatic heterocycles. The minimum absolute atomic E-state index is 0.0488. The fourth-order valence-corrected chi connectivity index (χ4v) is 10.3. The van der Waals surface area contributed by atoms with Crippen LogP contribution in [0, 0.1) is 13.8 Å². The van der Waals surface area contributed by atoms with Crippen LogP contribution >= 0.6 is 0 Å². The monoisotopic (exact) mass is 1030 g/mol. The van der Waals surface area contributed by atoms with Gasteiger partial charge >= 0.3 is 12.4 Å². The van der Waals surface area contributed by atoms with E-state index in [0.717, 1.165) is 24.3 Å². The predicted molar refractivity (Wildman–Crippen MR) is 246 cm³/mol. The summed E-state index contributed by atoms with van der Waals surface area (Å²) in [5, 5.41) is 14.8. The number of rotatable bonds is 10. The van der Waals surface area contributed by atoms with Crippen LogP contribution in [-0.4, -0.2) is 60.4 Å². The molecule has 0 aliphatic carbocycles. The lowest BCUT2D eigenvalue weighted by Crippen LogP contribution is -2.19. The van der Waals surface area contributed by atoms with E-state index in [1.807, 2.05) is 0 Å². The minimum Gasteiger partial charge on any atom is -0.493 e. The van der Waals surface area contributed by atoms with E-state index in [1.165, 1.54) is 73.5 Å². The van der Waals surface area contributed by atoms with E-state index < -0.39 is 43.5 Å². The Morgan fingerprint density at radius 3 is 1.29 bits per heavy atom. The molecule has 0 unspecified atom stereocenters. The van der Waals surface area contributed by atoms with Crippen LogP contribution in [0.4, 0.5) is 38.0 Å². The Balaban J connectivity index is 0.000000178. The summed E-state index contributed by atoms with van der Waals surface area (Å²) in [5.74, 6) is 0.724. The number of aryl methyl sites for hydroxylation is 2. The van der Waals surface area contributed by atoms with Gasteiger partial charge in [0.25, 0.3) is 20.0 Å². The lowest BCUT2D eigenvalue weighted by molar-refractivity contribution is -0.138. The fourth-order valence-electron chi connectivity index (χ4n) is 8.32. The molecule has 0 bridgehead atoms. The largest absolute Gasteiger partial charge is 0.493 e. The van der Waals surface area contributed by atoms with Crippen molar-refractivity contribution in [2.24, 2.45) is 0 Å². The third-order valence-corrected chi connectivity index (χ3v) is 14.3. The van der Waals surface area contributed by atoms with Crippen LogP contribution in [0.5, 0.6) is 11.5 Å². The molecule has 0 radical (unpaired) electrons. The highest BCUT2D eigenvalue weighted by Gasteiger charge is 2.36. The number of ether oxygens (including phenoxy) is 2. The molecule has 0 fully saturated rings. The molecule has 16 nitrogen and oxygen atoms in total. The molecule has 2 aliphatic rings. The molecule has 6 heterocycles. The van der Waals surface area contributed by atoms with Crippen LogP contribution in [0.3, 0.4) is 0 Å². The molecule has 2 aliphatic heterocycles. The summed E-state index contributed by atoms with van der Waals surface area (Å²) in [4.78, 5) is 8.38. The zero-order valence-electron chi connectivity index (χ0n) is 37.6. The molecule has 10 rings (SSSR count). The minimum atomic E-state index is -4.53. The lowest BCUT2D eigenvalue weighted by Gasteiger charge is -2.28. The molecule has 0 saturated heterocycles. The van der Waals surface area contributed by atoms with Crippen molar-refractivity contribution in [3.05, 3.63) is 167 Å². The van der Waals surface area contributed by atoms with Gasteiger partial charge in [-0.25, -0.2) is 26.8 Å². The molecular formula is C48H38F6N8O8S2. The average Bonchev–Trinajstić information content (AvgIpc) is 4.00. The Kier molecular flexibility index (Phi) is 13.2. The first kappa shape index (κ1) is 49.1. The number of nitrogens with zero attached hydrogens (tertiary/aromatic N) is 6. The number of aromatic nitrogens is 6. The summed E-state index contributed by atoms with van der Waals surface area (Å²) >= 11 is 0. The van der Waals surface area contributed by atoms with Crippen molar-refractivity contribution in [3.63, 3.8) is 0 Å². The summed E-state index contributed by atoms with van der Waals surface area (Å²) in [6.07, 6.45) is -2.62. The van der Waals surface area contributed by atoms with Crippen LogP contribution in [0.2, 0.25) is 0 Å². The first-order chi connectivity index (χ1) is 34.2. The van der Waals surface area contributed by atoms with Crippen molar-refractivity contribution in [2.45, 2.75) is 60.7 Å². The zero-order chi connectivity index (χ0) is 51.0. The summed E-state index contributed by atoms with van der Waals surface area (Å²) < 4.78 is 159. The molecule has 0 amide bonds. The predicted octanol–water partition coefficient (Wildman–Crippen LogP) is 10.3. The summed E-state index contributed by atoms with van der Waals surface area (Å²) in [5.41, 5.74) is 2.07. The number of alkyl halides is 6. The van der Waals surface area contributed by atoms with Crippen molar-refractivity contribution in [1.29, 1.82) is 0 Å². The van der Waals surface area contributed by atoms with Gasteiger partial charge in [0, 0.05) is 72.5 Å². The Morgan fingerprint density at radius 1 is 0.542 bits per heavy atom. The van der Waals surface area contributed by atoms with E-state index in [1.54, 1.807) is 38.1 Å². The van der Waals surface area contributed by atoms with E-state index in [9.17, 15) is 43.2 Å². The second-order valence-corrected chi connectivity index (χ2v) is 19.7. The van der Waals surface area contributed by atoms with Gasteiger partial charge in [0.05, 0.1) is 34.1 Å². The second kappa shape index (κ2) is 19.4. The van der Waals surface area contributed by atoms with E-state index in [4.69, 9.17) is 18.3 Å². The number of oxazole rings is 2. The average molecular weight is 1030 g/mol. The van der Waals surface area contributed by atoms with Crippen LogP contribution in [0.15, 0.2) is 141 Å². The van der Waals surface area contributed by atoms with E-state index >= 15 is 0 Å². The zero-order valence-corrected chi connectivity index (χ0v) is 39.2. The first-order valence-corrected chi connectivity index (χ1v) is 24.6. The number of hydrogen-bond donors (Lipinski definition) is 2. The SMILES string of the molecule is Cc1nc(-c2cc(C(F)(F)F)ccc2[C@@H]2CCOc3cc(S(=O)(=O)Nc4cccnn4)ccc32)co1.Cc1nc(-c2cc(C(F)(F)F)ccc2[C@H]2CCOc3cc(S(=O)(=O)Nc4cccnn4)ccc32)co1. The molecular weight excluding hydrogens is 995 g/mol. The summed E-state index contributed by atoms with van der Waals surface area (Å²) in [7, 11) is -7.96. The van der Waals surface area contributed by atoms with Gasteiger partial charge in [0.1, 0.15) is 35.4 Å². The van der Waals surface area contributed by atoms with Crippen molar-refractivity contribution >= 4 is 31.7 Å². The van der Waals surface area contributed by atoms with Gasteiger partial charge < -0.3 is 18.3 Å². The van der Waals surface area contributed by atoms with Gasteiger partial charge in [0.15, 0.2) is 23.4 Å². The molecule has 372 valence electrons. The maximum Gasteiger partial charge on any atom is 0.416 e. The first-order valence-electron chi connectivity index (χ1n) is 21.7. The van der Waals surface area contributed by atoms with Gasteiger partial charge in [0.2, 0.25) is 0 Å². The number of sulfonamides is 2. The van der Waals surface area contributed by atoms with Crippen molar-refractivity contribution in [1.82, 2.24) is 30.4 Å². The lowest BCUT2D eigenvalue weighted by atomic mass is 9.83. The van der Waals surface area contributed by atoms with Gasteiger partial charge in [-0.05, 0) is 84.6 Å². The van der Waals surface area contributed by atoms with Crippen LogP contribution in [0.1, 0.15) is 69.8 Å². The number of fused-ring (bicyclic) bond motifs is 2. The number of benzene rings is 4. The normalized spacial score (nSPS) is 15.7. The molecule has 8 aromatic rings. The van der Waals surface area contributed by atoms with Gasteiger partial charge in [-0.2, -0.15) is 36.5 Å². The van der Waals surface area contributed by atoms with Gasteiger partial charge in [-0.1, -0.05) is 24.3 Å². The van der Waals surface area contributed by atoms with Crippen LogP contribution in [-0.2, 0) is 32.4 Å². The maximum absolute atomic E-state index is 13.5. The molecule has 0 saturated carbocycles. The molecule has 0 spiro atoms.